The van der Waals surface area contributed by atoms with Crippen LogP contribution in [0.3, 0.4) is 0 Å². The van der Waals surface area contributed by atoms with E-state index in [-0.39, 0.29) is 23.8 Å². The van der Waals surface area contributed by atoms with Crippen molar-refractivity contribution in [1.29, 1.82) is 0 Å². The summed E-state index contributed by atoms with van der Waals surface area (Å²) in [5.41, 5.74) is 0.498. The zero-order valence-electron chi connectivity index (χ0n) is 12.4. The van der Waals surface area contributed by atoms with Crippen molar-refractivity contribution < 1.29 is 19.0 Å². The first-order valence-electron chi connectivity index (χ1n) is 7.34. The Morgan fingerprint density at radius 3 is 2.90 bits per heavy atom. The summed E-state index contributed by atoms with van der Waals surface area (Å²) >= 11 is 0. The molecule has 5 heteroatoms. The summed E-state index contributed by atoms with van der Waals surface area (Å²) in [4.78, 5) is 11.1. The number of aliphatic carboxylic acids is 1. The third-order valence-electron chi connectivity index (χ3n) is 4.17. The number of carbonyl (C=O) groups is 1. The Balaban J connectivity index is 2.07. The molecule has 1 fully saturated rings. The van der Waals surface area contributed by atoms with Crippen LogP contribution in [0.5, 0.6) is 5.75 Å². The lowest BCUT2D eigenvalue weighted by Crippen LogP contribution is -2.38. The third kappa shape index (κ3) is 3.73. The number of rotatable bonds is 5. The number of carboxylic acid groups (broad SMARTS) is 1. The van der Waals surface area contributed by atoms with Crippen LogP contribution in [0.2, 0.25) is 0 Å². The van der Waals surface area contributed by atoms with Crippen molar-refractivity contribution in [3.05, 3.63) is 29.6 Å². The van der Waals surface area contributed by atoms with Gasteiger partial charge in [-0.3, -0.25) is 4.79 Å². The number of methoxy groups -OCH3 is 1. The maximum absolute atomic E-state index is 14.0. The minimum absolute atomic E-state index is 0.0964. The SMILES string of the molecule is COc1cccc(F)c1C(C)NC1CCCC(C(=O)O)C1. The van der Waals surface area contributed by atoms with E-state index < -0.39 is 5.97 Å². The first kappa shape index (κ1) is 15.8. The van der Waals surface area contributed by atoms with E-state index in [4.69, 9.17) is 9.84 Å². The zero-order chi connectivity index (χ0) is 15.4. The number of hydrogen-bond donors (Lipinski definition) is 2. The van der Waals surface area contributed by atoms with Gasteiger partial charge in [-0.25, -0.2) is 4.39 Å². The lowest BCUT2D eigenvalue weighted by atomic mass is 9.85. The van der Waals surface area contributed by atoms with Crippen LogP contribution in [-0.4, -0.2) is 24.2 Å². The molecule has 1 aliphatic carbocycles. The molecule has 1 saturated carbocycles. The van der Waals surface area contributed by atoms with Gasteiger partial charge in [0.25, 0.3) is 0 Å². The largest absolute Gasteiger partial charge is 0.496 e. The maximum atomic E-state index is 14.0. The molecule has 0 spiro atoms. The van der Waals surface area contributed by atoms with Gasteiger partial charge in [0.1, 0.15) is 11.6 Å². The lowest BCUT2D eigenvalue weighted by molar-refractivity contribution is -0.143. The van der Waals surface area contributed by atoms with E-state index in [1.165, 1.54) is 13.2 Å². The predicted octanol–water partition coefficient (Wildman–Crippen LogP) is 3.13. The van der Waals surface area contributed by atoms with E-state index in [9.17, 15) is 9.18 Å². The van der Waals surface area contributed by atoms with Crippen LogP contribution in [0.1, 0.15) is 44.2 Å². The van der Waals surface area contributed by atoms with Gasteiger partial charge in [-0.15, -0.1) is 0 Å². The Kier molecular flexibility index (Phi) is 5.17. The van der Waals surface area contributed by atoms with Gasteiger partial charge >= 0.3 is 5.97 Å². The monoisotopic (exact) mass is 295 g/mol. The average Bonchev–Trinajstić information content (AvgIpc) is 2.46. The van der Waals surface area contributed by atoms with Crippen LogP contribution < -0.4 is 10.1 Å². The van der Waals surface area contributed by atoms with Crippen molar-refractivity contribution in [2.24, 2.45) is 5.92 Å². The molecule has 116 valence electrons. The molecule has 21 heavy (non-hydrogen) atoms. The van der Waals surface area contributed by atoms with Crippen molar-refractivity contribution >= 4 is 5.97 Å². The van der Waals surface area contributed by atoms with E-state index in [1.54, 1.807) is 12.1 Å². The minimum atomic E-state index is -0.738. The predicted molar refractivity (Wildman–Crippen MR) is 77.9 cm³/mol. The first-order valence-corrected chi connectivity index (χ1v) is 7.34. The quantitative estimate of drug-likeness (QED) is 0.876. The smallest absolute Gasteiger partial charge is 0.306 e. The highest BCUT2D eigenvalue weighted by Gasteiger charge is 2.28. The van der Waals surface area contributed by atoms with Crippen LogP contribution in [0.4, 0.5) is 4.39 Å². The van der Waals surface area contributed by atoms with Crippen molar-refractivity contribution in [1.82, 2.24) is 5.32 Å². The molecule has 0 aliphatic heterocycles. The summed E-state index contributed by atoms with van der Waals surface area (Å²) in [6.45, 7) is 1.88. The summed E-state index contributed by atoms with van der Waals surface area (Å²) in [7, 11) is 1.52. The average molecular weight is 295 g/mol. The van der Waals surface area contributed by atoms with Crippen LogP contribution in [-0.2, 0) is 4.79 Å². The number of halogens is 1. The van der Waals surface area contributed by atoms with Gasteiger partial charge in [-0.1, -0.05) is 12.5 Å². The van der Waals surface area contributed by atoms with Crippen LogP contribution in [0.15, 0.2) is 18.2 Å². The van der Waals surface area contributed by atoms with E-state index >= 15 is 0 Å². The van der Waals surface area contributed by atoms with Crippen molar-refractivity contribution in [2.75, 3.05) is 7.11 Å². The zero-order valence-corrected chi connectivity index (χ0v) is 12.4. The summed E-state index contributed by atoms with van der Waals surface area (Å²) in [5.74, 6) is -0.830. The summed E-state index contributed by atoms with van der Waals surface area (Å²) in [6, 6.07) is 4.64. The molecule has 0 bridgehead atoms. The molecule has 4 nitrogen and oxygen atoms in total. The second kappa shape index (κ2) is 6.89. The van der Waals surface area contributed by atoms with Gasteiger partial charge in [0.2, 0.25) is 0 Å². The van der Waals surface area contributed by atoms with Gasteiger partial charge in [0.05, 0.1) is 13.0 Å². The molecule has 0 saturated heterocycles. The number of ether oxygens (including phenoxy) is 1. The van der Waals surface area contributed by atoms with Gasteiger partial charge in [-0.2, -0.15) is 0 Å². The van der Waals surface area contributed by atoms with Crippen LogP contribution in [0, 0.1) is 11.7 Å². The third-order valence-corrected chi connectivity index (χ3v) is 4.17. The molecule has 0 aromatic heterocycles. The Hall–Kier alpha value is -1.62. The fourth-order valence-electron chi connectivity index (χ4n) is 3.12. The van der Waals surface area contributed by atoms with E-state index in [0.717, 1.165) is 19.3 Å². The Morgan fingerprint density at radius 1 is 1.48 bits per heavy atom. The van der Waals surface area contributed by atoms with Gasteiger partial charge in [0, 0.05) is 17.6 Å². The fourth-order valence-corrected chi connectivity index (χ4v) is 3.12. The molecule has 2 N–H and O–H groups in total. The Labute approximate surface area is 124 Å². The van der Waals surface area contributed by atoms with E-state index in [1.807, 2.05) is 6.92 Å². The maximum Gasteiger partial charge on any atom is 0.306 e. The number of carboxylic acids is 1. The fraction of sp³-hybridized carbons (Fsp3) is 0.562. The van der Waals surface area contributed by atoms with Crippen molar-refractivity contribution in [2.45, 2.75) is 44.7 Å². The highest BCUT2D eigenvalue weighted by molar-refractivity contribution is 5.70. The number of hydrogen-bond acceptors (Lipinski definition) is 3. The van der Waals surface area contributed by atoms with E-state index in [2.05, 4.69) is 5.32 Å². The first-order chi connectivity index (χ1) is 10.0. The minimum Gasteiger partial charge on any atom is -0.496 e. The van der Waals surface area contributed by atoms with Gasteiger partial charge in [-0.05, 0) is 38.3 Å². The topological polar surface area (TPSA) is 58.6 Å². The highest BCUT2D eigenvalue weighted by atomic mass is 19.1. The molecular weight excluding hydrogens is 273 g/mol. The molecule has 3 atom stereocenters. The normalized spacial score (nSPS) is 23.6. The standard InChI is InChI=1S/C16H22FNO3/c1-10(15-13(17)7-4-8-14(15)21-2)18-12-6-3-5-11(9-12)16(19)20/h4,7-8,10-12,18H,3,5-6,9H2,1-2H3,(H,19,20). The second-order valence-corrected chi connectivity index (χ2v) is 5.64. The van der Waals surface area contributed by atoms with E-state index in [0.29, 0.717) is 17.7 Å². The van der Waals surface area contributed by atoms with Crippen molar-refractivity contribution in [3.8, 4) is 5.75 Å². The van der Waals surface area contributed by atoms with Gasteiger partial charge in [0.15, 0.2) is 0 Å². The number of nitrogens with one attached hydrogen (secondary N) is 1. The molecular formula is C16H22FNO3. The molecule has 3 unspecified atom stereocenters. The van der Waals surface area contributed by atoms with Crippen molar-refractivity contribution in [3.63, 3.8) is 0 Å². The summed E-state index contributed by atoms with van der Waals surface area (Å²) in [6.07, 6.45) is 3.13. The van der Waals surface area contributed by atoms with Crippen LogP contribution in [0.25, 0.3) is 0 Å². The number of benzene rings is 1. The molecule has 1 aromatic rings. The Morgan fingerprint density at radius 2 is 2.24 bits per heavy atom. The van der Waals surface area contributed by atoms with Crippen LogP contribution >= 0.6 is 0 Å². The summed E-state index contributed by atoms with van der Waals surface area (Å²) < 4.78 is 19.3. The molecule has 1 aromatic carbocycles. The Bertz CT molecular complexity index is 506. The second-order valence-electron chi connectivity index (χ2n) is 5.64. The lowest BCUT2D eigenvalue weighted by Gasteiger charge is -2.30. The molecule has 0 radical (unpaired) electrons. The molecule has 1 aliphatic rings. The molecule has 0 amide bonds. The molecule has 0 heterocycles. The molecule has 2 rings (SSSR count). The van der Waals surface area contributed by atoms with Gasteiger partial charge < -0.3 is 15.2 Å². The summed E-state index contributed by atoms with van der Waals surface area (Å²) in [5, 5.41) is 12.5. The highest BCUT2D eigenvalue weighted by Crippen LogP contribution is 2.31.